The molecular weight excluding hydrogens is 312 g/mol. The first-order chi connectivity index (χ1) is 10.9. The molecule has 0 aliphatic rings. The number of sulfonamides is 1. The lowest BCUT2D eigenvalue weighted by atomic mass is 10.2. The van der Waals surface area contributed by atoms with Gasteiger partial charge in [-0.15, -0.1) is 0 Å². The van der Waals surface area contributed by atoms with Crippen molar-refractivity contribution in [2.45, 2.75) is 18.7 Å². The van der Waals surface area contributed by atoms with Crippen LogP contribution in [0, 0.1) is 17.2 Å². The van der Waals surface area contributed by atoms with Crippen molar-refractivity contribution in [3.05, 3.63) is 54.1 Å². The summed E-state index contributed by atoms with van der Waals surface area (Å²) in [4.78, 5) is 0.136. The molecule has 0 aliphatic carbocycles. The molecule has 0 saturated carbocycles. The summed E-state index contributed by atoms with van der Waals surface area (Å²) in [5.41, 5.74) is 0.742. The van der Waals surface area contributed by atoms with Crippen LogP contribution in [0.5, 0.6) is 5.75 Å². The highest BCUT2D eigenvalue weighted by atomic mass is 32.2. The smallest absolute Gasteiger partial charge is 0.261 e. The third-order valence-electron chi connectivity index (χ3n) is 2.96. The van der Waals surface area contributed by atoms with Crippen LogP contribution in [0.25, 0.3) is 0 Å². The average Bonchev–Trinajstić information content (AvgIpc) is 2.53. The molecule has 0 unspecified atom stereocenters. The van der Waals surface area contributed by atoms with Crippen molar-refractivity contribution in [3.63, 3.8) is 0 Å². The summed E-state index contributed by atoms with van der Waals surface area (Å²) < 4.78 is 32.7. The zero-order valence-corrected chi connectivity index (χ0v) is 13.8. The molecule has 0 bridgehead atoms. The molecule has 1 N–H and O–H groups in total. The van der Waals surface area contributed by atoms with Crippen molar-refractivity contribution in [1.82, 2.24) is 0 Å². The van der Waals surface area contributed by atoms with Crippen molar-refractivity contribution in [2.24, 2.45) is 5.92 Å². The Morgan fingerprint density at radius 1 is 1.17 bits per heavy atom. The Hall–Kier alpha value is -2.52. The Labute approximate surface area is 136 Å². The van der Waals surface area contributed by atoms with Crippen LogP contribution >= 0.6 is 0 Å². The molecule has 0 radical (unpaired) electrons. The lowest BCUT2D eigenvalue weighted by Gasteiger charge is -2.11. The Balaban J connectivity index is 2.14. The van der Waals surface area contributed by atoms with Gasteiger partial charge in [-0.25, -0.2) is 8.42 Å². The van der Waals surface area contributed by atoms with E-state index in [1.807, 2.05) is 19.9 Å². The molecule has 0 fully saturated rings. The first-order valence-electron chi connectivity index (χ1n) is 7.16. The summed E-state index contributed by atoms with van der Waals surface area (Å²) in [5, 5.41) is 8.86. The van der Waals surface area contributed by atoms with Gasteiger partial charge in [0.1, 0.15) is 5.75 Å². The standard InChI is InChI=1S/C17H18N2O3S/c1-13(2)12-22-16-6-8-17(9-7-16)23(20,21)19-15-5-3-4-14(10-15)11-18/h3-10,13,19H,12H2,1-2H3. The van der Waals surface area contributed by atoms with Gasteiger partial charge in [-0.2, -0.15) is 5.26 Å². The summed E-state index contributed by atoms with van der Waals surface area (Å²) in [6.07, 6.45) is 0. The maximum Gasteiger partial charge on any atom is 0.261 e. The zero-order valence-electron chi connectivity index (χ0n) is 13.0. The van der Waals surface area contributed by atoms with E-state index >= 15 is 0 Å². The van der Waals surface area contributed by atoms with E-state index in [-0.39, 0.29) is 4.90 Å². The van der Waals surface area contributed by atoms with Crippen LogP contribution in [-0.2, 0) is 10.0 Å². The van der Waals surface area contributed by atoms with Gasteiger partial charge in [0.2, 0.25) is 0 Å². The van der Waals surface area contributed by atoms with Crippen molar-refractivity contribution in [3.8, 4) is 11.8 Å². The van der Waals surface area contributed by atoms with Gasteiger partial charge < -0.3 is 4.74 Å². The largest absolute Gasteiger partial charge is 0.493 e. The Morgan fingerprint density at radius 2 is 1.87 bits per heavy atom. The summed E-state index contributed by atoms with van der Waals surface area (Å²) in [6.45, 7) is 4.65. The van der Waals surface area contributed by atoms with E-state index in [9.17, 15) is 8.42 Å². The van der Waals surface area contributed by atoms with Crippen LogP contribution in [0.3, 0.4) is 0 Å². The van der Waals surface area contributed by atoms with Gasteiger partial charge in [0.25, 0.3) is 10.0 Å². The zero-order chi connectivity index (χ0) is 16.9. The molecule has 2 aromatic carbocycles. The number of nitrogens with zero attached hydrogens (tertiary/aromatic N) is 1. The van der Waals surface area contributed by atoms with Gasteiger partial charge in [0.15, 0.2) is 0 Å². The quantitative estimate of drug-likeness (QED) is 0.880. The SMILES string of the molecule is CC(C)COc1ccc(S(=O)(=O)Nc2cccc(C#N)c2)cc1. The van der Waals surface area contributed by atoms with Crippen molar-refractivity contribution < 1.29 is 13.2 Å². The number of benzene rings is 2. The fourth-order valence-electron chi connectivity index (χ4n) is 1.84. The molecule has 120 valence electrons. The third kappa shape index (κ3) is 4.73. The summed E-state index contributed by atoms with van der Waals surface area (Å²) in [6, 6.07) is 14.5. The van der Waals surface area contributed by atoms with Gasteiger partial charge in [-0.1, -0.05) is 19.9 Å². The van der Waals surface area contributed by atoms with Crippen LogP contribution in [0.4, 0.5) is 5.69 Å². The number of nitriles is 1. The minimum absolute atomic E-state index is 0.136. The Kier molecular flexibility index (Phi) is 5.24. The molecule has 0 heterocycles. The van der Waals surface area contributed by atoms with Crippen LogP contribution in [0.1, 0.15) is 19.4 Å². The molecule has 0 amide bonds. The first kappa shape index (κ1) is 16.8. The molecular formula is C17H18N2O3S. The highest BCUT2D eigenvalue weighted by Gasteiger charge is 2.14. The summed E-state index contributed by atoms with van der Waals surface area (Å²) in [7, 11) is -3.70. The van der Waals surface area contributed by atoms with E-state index in [0.29, 0.717) is 29.5 Å². The monoisotopic (exact) mass is 330 g/mol. The lowest BCUT2D eigenvalue weighted by molar-refractivity contribution is 0.271. The highest BCUT2D eigenvalue weighted by molar-refractivity contribution is 7.92. The van der Waals surface area contributed by atoms with E-state index in [2.05, 4.69) is 4.72 Å². The minimum atomic E-state index is -3.70. The predicted octanol–water partition coefficient (Wildman–Crippen LogP) is 3.39. The number of hydrogen-bond donors (Lipinski definition) is 1. The van der Waals surface area contributed by atoms with Crippen LogP contribution < -0.4 is 9.46 Å². The molecule has 2 aromatic rings. The molecule has 0 saturated heterocycles. The summed E-state index contributed by atoms with van der Waals surface area (Å²) >= 11 is 0. The molecule has 23 heavy (non-hydrogen) atoms. The van der Waals surface area contributed by atoms with E-state index < -0.39 is 10.0 Å². The number of rotatable bonds is 6. The van der Waals surface area contributed by atoms with Crippen molar-refractivity contribution in [1.29, 1.82) is 5.26 Å². The normalized spacial score (nSPS) is 11.0. The third-order valence-corrected chi connectivity index (χ3v) is 4.36. The molecule has 5 nitrogen and oxygen atoms in total. The maximum atomic E-state index is 12.3. The van der Waals surface area contributed by atoms with Gasteiger partial charge in [-0.3, -0.25) is 4.72 Å². The van der Waals surface area contributed by atoms with Crippen molar-refractivity contribution >= 4 is 15.7 Å². The predicted molar refractivity (Wildman–Crippen MR) is 88.7 cm³/mol. The lowest BCUT2D eigenvalue weighted by Crippen LogP contribution is -2.13. The van der Waals surface area contributed by atoms with Crippen molar-refractivity contribution in [2.75, 3.05) is 11.3 Å². The molecule has 0 aromatic heterocycles. The van der Waals surface area contributed by atoms with E-state index in [0.717, 1.165) is 0 Å². The van der Waals surface area contributed by atoms with Gasteiger partial charge in [0.05, 0.1) is 28.8 Å². The second-order valence-corrected chi connectivity index (χ2v) is 7.16. The Morgan fingerprint density at radius 3 is 2.48 bits per heavy atom. The van der Waals surface area contributed by atoms with E-state index in [1.54, 1.807) is 30.3 Å². The van der Waals surface area contributed by atoms with Gasteiger partial charge in [-0.05, 0) is 48.4 Å². The molecule has 2 rings (SSSR count). The van der Waals surface area contributed by atoms with Crippen LogP contribution in [0.2, 0.25) is 0 Å². The number of hydrogen-bond acceptors (Lipinski definition) is 4. The topological polar surface area (TPSA) is 79.2 Å². The van der Waals surface area contributed by atoms with E-state index in [4.69, 9.17) is 10.00 Å². The number of nitrogens with one attached hydrogen (secondary N) is 1. The molecule has 6 heteroatoms. The van der Waals surface area contributed by atoms with Gasteiger partial charge in [0, 0.05) is 0 Å². The molecule has 0 aliphatic heterocycles. The first-order valence-corrected chi connectivity index (χ1v) is 8.65. The molecule has 0 spiro atoms. The number of ether oxygens (including phenoxy) is 1. The van der Waals surface area contributed by atoms with Gasteiger partial charge >= 0.3 is 0 Å². The number of anilines is 1. The fourth-order valence-corrected chi connectivity index (χ4v) is 2.89. The second kappa shape index (κ2) is 7.16. The molecule has 0 atom stereocenters. The minimum Gasteiger partial charge on any atom is -0.493 e. The van der Waals surface area contributed by atoms with E-state index in [1.165, 1.54) is 18.2 Å². The fraction of sp³-hybridized carbons (Fsp3) is 0.235. The maximum absolute atomic E-state index is 12.3. The second-order valence-electron chi connectivity index (χ2n) is 5.47. The van der Waals surface area contributed by atoms with Crippen LogP contribution in [-0.4, -0.2) is 15.0 Å². The van der Waals surface area contributed by atoms with Crippen LogP contribution in [0.15, 0.2) is 53.4 Å². The highest BCUT2D eigenvalue weighted by Crippen LogP contribution is 2.20. The Bertz CT molecular complexity index is 806. The average molecular weight is 330 g/mol. The summed E-state index contributed by atoms with van der Waals surface area (Å²) in [5.74, 6) is 1.02.